The summed E-state index contributed by atoms with van der Waals surface area (Å²) in [7, 11) is 1.82. The molecule has 1 amide bonds. The minimum absolute atomic E-state index is 0.155. The monoisotopic (exact) mass is 283 g/mol. The van der Waals surface area contributed by atoms with Crippen molar-refractivity contribution in [3.63, 3.8) is 0 Å². The van der Waals surface area contributed by atoms with E-state index in [1.165, 1.54) is 6.42 Å². The van der Waals surface area contributed by atoms with Gasteiger partial charge in [-0.2, -0.15) is 0 Å². The Morgan fingerprint density at radius 1 is 1.47 bits per heavy atom. The van der Waals surface area contributed by atoms with Crippen molar-refractivity contribution in [2.75, 3.05) is 12.9 Å². The summed E-state index contributed by atoms with van der Waals surface area (Å²) >= 11 is 5.60. The Balaban J connectivity index is 1.79. The van der Waals surface area contributed by atoms with Crippen LogP contribution in [0.1, 0.15) is 50.0 Å². The van der Waals surface area contributed by atoms with Gasteiger partial charge in [-0.1, -0.05) is 6.92 Å². The van der Waals surface area contributed by atoms with Gasteiger partial charge in [0.25, 0.3) is 0 Å². The first kappa shape index (κ1) is 14.4. The molecule has 1 saturated carbocycles. The molecular formula is C15H22ClNO2. The van der Waals surface area contributed by atoms with Crippen molar-refractivity contribution >= 4 is 17.5 Å². The molecule has 0 bridgehead atoms. The fraction of sp³-hybridized carbons (Fsp3) is 0.667. The number of hydrogen-bond acceptors (Lipinski definition) is 2. The average molecular weight is 284 g/mol. The summed E-state index contributed by atoms with van der Waals surface area (Å²) in [4.78, 5) is 13.6. The highest BCUT2D eigenvalue weighted by molar-refractivity contribution is 6.17. The van der Waals surface area contributed by atoms with Gasteiger partial charge < -0.3 is 9.32 Å². The van der Waals surface area contributed by atoms with Crippen molar-refractivity contribution in [2.45, 2.75) is 45.1 Å². The van der Waals surface area contributed by atoms with Gasteiger partial charge in [-0.15, -0.1) is 11.6 Å². The zero-order chi connectivity index (χ0) is 13.8. The minimum Gasteiger partial charge on any atom is -0.464 e. The van der Waals surface area contributed by atoms with Crippen molar-refractivity contribution in [3.8, 4) is 0 Å². The van der Waals surface area contributed by atoms with Crippen LogP contribution in [0.25, 0.3) is 0 Å². The molecule has 2 rings (SSSR count). The number of unbranched alkanes of at least 4 members (excludes halogenated alkanes) is 1. The highest BCUT2D eigenvalue weighted by atomic mass is 35.5. The highest BCUT2D eigenvalue weighted by Crippen LogP contribution is 2.47. The molecule has 19 heavy (non-hydrogen) atoms. The van der Waals surface area contributed by atoms with Gasteiger partial charge in [0.2, 0.25) is 5.91 Å². The Kier molecular flexibility index (Phi) is 4.92. The van der Waals surface area contributed by atoms with E-state index in [0.29, 0.717) is 24.8 Å². The lowest BCUT2D eigenvalue weighted by Gasteiger charge is -2.15. The van der Waals surface area contributed by atoms with Gasteiger partial charge in [-0.3, -0.25) is 4.79 Å². The first-order valence-electron chi connectivity index (χ1n) is 7.00. The van der Waals surface area contributed by atoms with Gasteiger partial charge in [0.1, 0.15) is 11.5 Å². The lowest BCUT2D eigenvalue weighted by molar-refractivity contribution is -0.130. The van der Waals surface area contributed by atoms with Gasteiger partial charge >= 0.3 is 0 Å². The SMILES string of the molecule is CC1CC1c1ccc(CN(C)C(=O)CCCCCl)o1. The van der Waals surface area contributed by atoms with Crippen LogP contribution >= 0.6 is 11.6 Å². The van der Waals surface area contributed by atoms with Crippen molar-refractivity contribution < 1.29 is 9.21 Å². The largest absolute Gasteiger partial charge is 0.464 e. The van der Waals surface area contributed by atoms with Crippen molar-refractivity contribution in [1.82, 2.24) is 4.90 Å². The fourth-order valence-corrected chi connectivity index (χ4v) is 2.47. The Labute approximate surface area is 119 Å². The Bertz CT molecular complexity index is 430. The molecule has 1 fully saturated rings. The zero-order valence-electron chi connectivity index (χ0n) is 11.7. The van der Waals surface area contributed by atoms with Gasteiger partial charge in [-0.05, 0) is 37.3 Å². The third-order valence-electron chi connectivity index (χ3n) is 3.75. The van der Waals surface area contributed by atoms with Crippen LogP contribution < -0.4 is 0 Å². The van der Waals surface area contributed by atoms with Crippen molar-refractivity contribution in [2.24, 2.45) is 5.92 Å². The summed E-state index contributed by atoms with van der Waals surface area (Å²) in [5.41, 5.74) is 0. The zero-order valence-corrected chi connectivity index (χ0v) is 12.4. The van der Waals surface area contributed by atoms with E-state index >= 15 is 0 Å². The Hall–Kier alpha value is -0.960. The third kappa shape index (κ3) is 4.00. The summed E-state index contributed by atoms with van der Waals surface area (Å²) in [6.45, 7) is 2.79. The second kappa shape index (κ2) is 6.47. The van der Waals surface area contributed by atoms with Crippen LogP contribution in [0, 0.1) is 5.92 Å². The second-order valence-corrected chi connectivity index (χ2v) is 5.90. The molecule has 4 heteroatoms. The van der Waals surface area contributed by atoms with Crippen LogP contribution in [0.4, 0.5) is 0 Å². The Morgan fingerprint density at radius 2 is 2.21 bits per heavy atom. The van der Waals surface area contributed by atoms with Crippen molar-refractivity contribution in [3.05, 3.63) is 23.7 Å². The van der Waals surface area contributed by atoms with Crippen LogP contribution in [0.15, 0.2) is 16.5 Å². The smallest absolute Gasteiger partial charge is 0.222 e. The lowest BCUT2D eigenvalue weighted by atomic mass is 10.2. The first-order valence-corrected chi connectivity index (χ1v) is 7.53. The average Bonchev–Trinajstić information content (AvgIpc) is 2.93. The summed E-state index contributed by atoms with van der Waals surface area (Å²) in [5, 5.41) is 0. The molecule has 3 nitrogen and oxygen atoms in total. The number of carbonyl (C=O) groups excluding carboxylic acids is 1. The number of nitrogens with zero attached hydrogens (tertiary/aromatic N) is 1. The standard InChI is InChI=1S/C15H22ClNO2/c1-11-9-13(11)14-7-6-12(19-14)10-17(2)15(18)5-3-4-8-16/h6-7,11,13H,3-5,8-10H2,1-2H3. The van der Waals surface area contributed by atoms with Crippen LogP contribution in [-0.4, -0.2) is 23.7 Å². The van der Waals surface area contributed by atoms with Crippen LogP contribution in [0.3, 0.4) is 0 Å². The molecule has 2 unspecified atom stereocenters. The van der Waals surface area contributed by atoms with Gasteiger partial charge in [0.05, 0.1) is 6.54 Å². The maximum atomic E-state index is 11.9. The number of hydrogen-bond donors (Lipinski definition) is 0. The van der Waals surface area contributed by atoms with E-state index in [0.717, 1.165) is 30.3 Å². The number of furan rings is 1. The molecule has 2 atom stereocenters. The molecule has 0 aromatic carbocycles. The summed E-state index contributed by atoms with van der Waals surface area (Å²) in [5.74, 6) is 4.07. The normalized spacial score (nSPS) is 21.4. The molecule has 1 aromatic rings. The molecule has 1 heterocycles. The van der Waals surface area contributed by atoms with Crippen LogP contribution in [-0.2, 0) is 11.3 Å². The van der Waals surface area contributed by atoms with E-state index in [2.05, 4.69) is 13.0 Å². The quantitative estimate of drug-likeness (QED) is 0.564. The molecule has 1 aromatic heterocycles. The molecule has 0 N–H and O–H groups in total. The summed E-state index contributed by atoms with van der Waals surface area (Å²) < 4.78 is 5.81. The summed E-state index contributed by atoms with van der Waals surface area (Å²) in [6, 6.07) is 4.04. The minimum atomic E-state index is 0.155. The molecule has 0 spiro atoms. The molecule has 106 valence electrons. The second-order valence-electron chi connectivity index (χ2n) is 5.52. The topological polar surface area (TPSA) is 33.5 Å². The molecule has 0 aliphatic heterocycles. The molecule has 0 saturated heterocycles. The molecule has 0 radical (unpaired) electrons. The molecule has 1 aliphatic carbocycles. The van der Waals surface area contributed by atoms with E-state index in [1.807, 2.05) is 13.1 Å². The number of amides is 1. The van der Waals surface area contributed by atoms with Crippen molar-refractivity contribution in [1.29, 1.82) is 0 Å². The highest BCUT2D eigenvalue weighted by Gasteiger charge is 2.36. The predicted molar refractivity (Wildman–Crippen MR) is 76.3 cm³/mol. The van der Waals surface area contributed by atoms with E-state index in [4.69, 9.17) is 16.0 Å². The summed E-state index contributed by atoms with van der Waals surface area (Å²) in [6.07, 6.45) is 3.54. The van der Waals surface area contributed by atoms with Gasteiger partial charge in [-0.25, -0.2) is 0 Å². The number of carbonyl (C=O) groups is 1. The van der Waals surface area contributed by atoms with Gasteiger partial charge in [0, 0.05) is 25.3 Å². The predicted octanol–water partition coefficient (Wildman–Crippen LogP) is 3.77. The first-order chi connectivity index (χ1) is 9.11. The number of alkyl halides is 1. The van der Waals surface area contributed by atoms with Crippen LogP contribution in [0.2, 0.25) is 0 Å². The van der Waals surface area contributed by atoms with Gasteiger partial charge in [0.15, 0.2) is 0 Å². The molecular weight excluding hydrogens is 262 g/mol. The Morgan fingerprint density at radius 3 is 2.84 bits per heavy atom. The van der Waals surface area contributed by atoms with Crippen LogP contribution in [0.5, 0.6) is 0 Å². The van der Waals surface area contributed by atoms with E-state index in [9.17, 15) is 4.79 Å². The van der Waals surface area contributed by atoms with E-state index in [-0.39, 0.29) is 5.91 Å². The maximum absolute atomic E-state index is 11.9. The number of rotatable bonds is 7. The van der Waals surface area contributed by atoms with E-state index in [1.54, 1.807) is 4.90 Å². The van der Waals surface area contributed by atoms with E-state index < -0.39 is 0 Å². The molecule has 1 aliphatic rings. The number of halogens is 1. The lowest BCUT2D eigenvalue weighted by Crippen LogP contribution is -2.25. The maximum Gasteiger partial charge on any atom is 0.222 e. The fourth-order valence-electron chi connectivity index (χ4n) is 2.28. The third-order valence-corrected chi connectivity index (χ3v) is 4.02.